The van der Waals surface area contributed by atoms with Crippen LogP contribution in [0.3, 0.4) is 0 Å². The number of thiophene rings is 1. The monoisotopic (exact) mass is 411 g/mol. The van der Waals surface area contributed by atoms with E-state index in [-0.39, 0.29) is 5.91 Å². The summed E-state index contributed by atoms with van der Waals surface area (Å²) >= 11 is 15.4. The van der Waals surface area contributed by atoms with E-state index in [1.165, 1.54) is 11.3 Å². The lowest BCUT2D eigenvalue weighted by Crippen LogP contribution is -2.11. The van der Waals surface area contributed by atoms with Crippen LogP contribution >= 0.6 is 57.1 Å². The van der Waals surface area contributed by atoms with Gasteiger partial charge in [0.25, 0.3) is 5.91 Å². The van der Waals surface area contributed by atoms with Crippen LogP contribution in [0, 0.1) is 10.5 Å². The van der Waals surface area contributed by atoms with E-state index in [0.29, 0.717) is 14.9 Å². The van der Waals surface area contributed by atoms with Gasteiger partial charge >= 0.3 is 0 Å². The molecule has 0 spiro atoms. The lowest BCUT2D eigenvalue weighted by molar-refractivity contribution is 0.103. The highest BCUT2D eigenvalue weighted by Crippen LogP contribution is 2.29. The molecule has 1 aromatic heterocycles. The van der Waals surface area contributed by atoms with Crippen LogP contribution in [0.5, 0.6) is 0 Å². The molecule has 94 valence electrons. The summed E-state index contributed by atoms with van der Waals surface area (Å²) in [5.41, 5.74) is 1.64. The Morgan fingerprint density at radius 3 is 2.67 bits per heavy atom. The summed E-state index contributed by atoms with van der Waals surface area (Å²) in [4.78, 5) is 12.6. The summed E-state index contributed by atoms with van der Waals surface area (Å²) in [5, 5.41) is 5.85. The van der Waals surface area contributed by atoms with Crippen LogP contribution < -0.4 is 5.32 Å². The number of carbonyl (C=O) groups excluding carboxylic acids is 1. The van der Waals surface area contributed by atoms with Gasteiger partial charge in [-0.05, 0) is 58.7 Å². The second-order valence-corrected chi connectivity index (χ2v) is 6.50. The number of hydrogen-bond donors (Lipinski definition) is 1. The number of anilines is 1. The number of halogens is 3. The van der Waals surface area contributed by atoms with Crippen molar-refractivity contribution in [3.05, 3.63) is 47.6 Å². The molecule has 0 aliphatic carbocycles. The molecule has 2 aromatic rings. The number of benzene rings is 1. The largest absolute Gasteiger partial charge is 0.320 e. The molecule has 0 aliphatic heterocycles. The topological polar surface area (TPSA) is 29.1 Å². The highest BCUT2D eigenvalue weighted by atomic mass is 127. The maximum atomic E-state index is 12.1. The van der Waals surface area contributed by atoms with Gasteiger partial charge in [0, 0.05) is 8.59 Å². The van der Waals surface area contributed by atoms with Gasteiger partial charge in [0.1, 0.15) is 4.88 Å². The molecule has 6 heteroatoms. The molecule has 1 aromatic carbocycles. The molecule has 18 heavy (non-hydrogen) atoms. The van der Waals surface area contributed by atoms with E-state index in [1.807, 2.05) is 12.3 Å². The van der Waals surface area contributed by atoms with Crippen molar-refractivity contribution in [1.82, 2.24) is 0 Å². The van der Waals surface area contributed by atoms with E-state index >= 15 is 0 Å². The lowest BCUT2D eigenvalue weighted by atomic mass is 10.3. The molecule has 0 fully saturated rings. The Bertz CT molecular complexity index is 612. The van der Waals surface area contributed by atoms with E-state index in [4.69, 9.17) is 23.2 Å². The molecule has 0 saturated heterocycles. The summed E-state index contributed by atoms with van der Waals surface area (Å²) in [5.74, 6) is -0.196. The second kappa shape index (κ2) is 5.77. The van der Waals surface area contributed by atoms with Crippen molar-refractivity contribution in [3.8, 4) is 0 Å². The summed E-state index contributed by atoms with van der Waals surface area (Å²) in [6.45, 7) is 1.88. The van der Waals surface area contributed by atoms with Crippen LogP contribution in [0.25, 0.3) is 0 Å². The van der Waals surface area contributed by atoms with Gasteiger partial charge in [-0.25, -0.2) is 0 Å². The SMILES string of the molecule is Cc1csc(C(=O)Nc2ccc(Cl)cc2I)c1Cl. The van der Waals surface area contributed by atoms with Crippen molar-refractivity contribution in [2.45, 2.75) is 6.92 Å². The molecule has 0 radical (unpaired) electrons. The highest BCUT2D eigenvalue weighted by molar-refractivity contribution is 14.1. The van der Waals surface area contributed by atoms with Crippen LogP contribution in [0.4, 0.5) is 5.69 Å². The molecule has 1 heterocycles. The number of carbonyl (C=O) groups is 1. The highest BCUT2D eigenvalue weighted by Gasteiger charge is 2.15. The number of nitrogens with one attached hydrogen (secondary N) is 1. The van der Waals surface area contributed by atoms with Gasteiger partial charge in [0.05, 0.1) is 10.7 Å². The predicted molar refractivity (Wildman–Crippen MR) is 86.2 cm³/mol. The first kappa shape index (κ1) is 14.1. The van der Waals surface area contributed by atoms with Crippen molar-refractivity contribution in [1.29, 1.82) is 0 Å². The van der Waals surface area contributed by atoms with Gasteiger partial charge in [-0.3, -0.25) is 4.79 Å². The minimum absolute atomic E-state index is 0.196. The molecular weight excluding hydrogens is 404 g/mol. The zero-order valence-corrected chi connectivity index (χ0v) is 13.7. The molecule has 0 saturated carbocycles. The zero-order chi connectivity index (χ0) is 13.3. The van der Waals surface area contributed by atoms with Crippen LogP contribution in [-0.4, -0.2) is 5.91 Å². The molecule has 1 N–H and O–H groups in total. The molecule has 0 unspecified atom stereocenters. The first-order chi connectivity index (χ1) is 8.49. The van der Waals surface area contributed by atoms with Gasteiger partial charge in [-0.1, -0.05) is 23.2 Å². The molecule has 0 atom stereocenters. The third kappa shape index (κ3) is 2.99. The van der Waals surface area contributed by atoms with Gasteiger partial charge < -0.3 is 5.32 Å². The maximum Gasteiger partial charge on any atom is 0.267 e. The lowest BCUT2D eigenvalue weighted by Gasteiger charge is -2.07. The minimum Gasteiger partial charge on any atom is -0.320 e. The van der Waals surface area contributed by atoms with E-state index in [2.05, 4.69) is 27.9 Å². The standard InChI is InChI=1S/C12H8Cl2INOS/c1-6-5-18-11(10(6)14)12(17)16-9-3-2-7(13)4-8(9)15/h2-5H,1H3,(H,16,17). The fourth-order valence-electron chi connectivity index (χ4n) is 1.35. The Labute approximate surface area is 132 Å². The Morgan fingerprint density at radius 1 is 1.39 bits per heavy atom. The molecule has 2 nitrogen and oxygen atoms in total. The Morgan fingerprint density at radius 2 is 2.11 bits per heavy atom. The molecular formula is C12H8Cl2INOS. The average molecular weight is 412 g/mol. The van der Waals surface area contributed by atoms with E-state index < -0.39 is 0 Å². The first-order valence-electron chi connectivity index (χ1n) is 4.99. The third-order valence-electron chi connectivity index (χ3n) is 2.28. The van der Waals surface area contributed by atoms with Crippen molar-refractivity contribution in [2.75, 3.05) is 5.32 Å². The van der Waals surface area contributed by atoms with Crippen molar-refractivity contribution >= 4 is 68.7 Å². The molecule has 1 amide bonds. The molecule has 0 aliphatic rings. The summed E-state index contributed by atoms with van der Waals surface area (Å²) in [6.07, 6.45) is 0. The fraction of sp³-hybridized carbons (Fsp3) is 0.0833. The van der Waals surface area contributed by atoms with E-state index in [0.717, 1.165) is 14.8 Å². The smallest absolute Gasteiger partial charge is 0.267 e. The normalized spacial score (nSPS) is 10.4. The van der Waals surface area contributed by atoms with Gasteiger partial charge in [0.2, 0.25) is 0 Å². The van der Waals surface area contributed by atoms with Crippen molar-refractivity contribution in [2.24, 2.45) is 0 Å². The van der Waals surface area contributed by atoms with Gasteiger partial charge in [-0.15, -0.1) is 11.3 Å². The van der Waals surface area contributed by atoms with Crippen molar-refractivity contribution < 1.29 is 4.79 Å². The maximum absolute atomic E-state index is 12.1. The average Bonchev–Trinajstić information content (AvgIpc) is 2.64. The van der Waals surface area contributed by atoms with Crippen LogP contribution in [0.15, 0.2) is 23.6 Å². The Hall–Kier alpha value is -0.300. The minimum atomic E-state index is -0.196. The van der Waals surface area contributed by atoms with E-state index in [1.54, 1.807) is 18.2 Å². The quantitative estimate of drug-likeness (QED) is 0.674. The summed E-state index contributed by atoms with van der Waals surface area (Å²) in [6, 6.07) is 5.30. The number of aryl methyl sites for hydroxylation is 1. The van der Waals surface area contributed by atoms with Crippen LogP contribution in [-0.2, 0) is 0 Å². The molecule has 0 bridgehead atoms. The third-order valence-corrected chi connectivity index (χ3v) is 5.11. The molecule has 2 rings (SSSR count). The number of rotatable bonds is 2. The van der Waals surface area contributed by atoms with Gasteiger partial charge in [0.15, 0.2) is 0 Å². The number of amides is 1. The predicted octanol–water partition coefficient (Wildman–Crippen LogP) is 5.22. The summed E-state index contributed by atoms with van der Waals surface area (Å²) in [7, 11) is 0. The summed E-state index contributed by atoms with van der Waals surface area (Å²) < 4.78 is 0.887. The van der Waals surface area contributed by atoms with Crippen LogP contribution in [0.2, 0.25) is 10.0 Å². The Balaban J connectivity index is 2.24. The zero-order valence-electron chi connectivity index (χ0n) is 9.26. The van der Waals surface area contributed by atoms with Gasteiger partial charge in [-0.2, -0.15) is 0 Å². The van der Waals surface area contributed by atoms with E-state index in [9.17, 15) is 4.79 Å². The first-order valence-corrected chi connectivity index (χ1v) is 7.70. The Kier molecular flexibility index (Phi) is 4.53. The van der Waals surface area contributed by atoms with Crippen LogP contribution in [0.1, 0.15) is 15.2 Å². The van der Waals surface area contributed by atoms with Crippen molar-refractivity contribution in [3.63, 3.8) is 0 Å². The number of hydrogen-bond acceptors (Lipinski definition) is 2. The fourth-order valence-corrected chi connectivity index (χ4v) is 3.53. The second-order valence-electron chi connectivity index (χ2n) is 3.64.